The van der Waals surface area contributed by atoms with Crippen molar-refractivity contribution in [1.29, 1.82) is 0 Å². The average Bonchev–Trinajstić information content (AvgIpc) is 2.35. The highest BCUT2D eigenvalue weighted by Crippen LogP contribution is 2.21. The lowest BCUT2D eigenvalue weighted by molar-refractivity contribution is -0.384. The van der Waals surface area contributed by atoms with Crippen molar-refractivity contribution >= 4 is 24.0 Å². The molecule has 1 aromatic carbocycles. The molecule has 0 aromatic heterocycles. The summed E-state index contributed by atoms with van der Waals surface area (Å²) in [5, 5.41) is 13.5. The van der Waals surface area contributed by atoms with E-state index in [1.807, 2.05) is 6.92 Å². The van der Waals surface area contributed by atoms with Crippen LogP contribution in [0.25, 0.3) is 0 Å². The van der Waals surface area contributed by atoms with Crippen LogP contribution in [-0.4, -0.2) is 16.9 Å². The van der Waals surface area contributed by atoms with Crippen LogP contribution in [0.15, 0.2) is 24.3 Å². The number of non-ortho nitro benzene ring substituents is 1. The van der Waals surface area contributed by atoms with Gasteiger partial charge in [-0.1, -0.05) is 19.1 Å². The first-order valence-electron chi connectivity index (χ1n) is 5.76. The average molecular weight is 288 g/mol. The lowest BCUT2D eigenvalue weighted by Crippen LogP contribution is -2.40. The largest absolute Gasteiger partial charge is 0.348 e. The number of nitro groups is 1. The molecule has 2 atom stereocenters. The van der Waals surface area contributed by atoms with E-state index in [0.29, 0.717) is 12.0 Å². The molecule has 0 saturated heterocycles. The molecule has 7 heteroatoms. The Morgan fingerprint density at radius 3 is 2.63 bits per heavy atom. The van der Waals surface area contributed by atoms with Crippen LogP contribution >= 0.6 is 12.4 Å². The zero-order chi connectivity index (χ0) is 13.7. The fraction of sp³-hybridized carbons (Fsp3) is 0.417. The number of benzene rings is 1. The maximum absolute atomic E-state index is 11.5. The van der Waals surface area contributed by atoms with E-state index in [4.69, 9.17) is 5.73 Å². The van der Waals surface area contributed by atoms with Gasteiger partial charge in [-0.25, -0.2) is 0 Å². The predicted molar refractivity (Wildman–Crippen MR) is 75.2 cm³/mol. The molecule has 0 aliphatic rings. The van der Waals surface area contributed by atoms with Crippen molar-refractivity contribution in [2.24, 2.45) is 5.73 Å². The van der Waals surface area contributed by atoms with Gasteiger partial charge in [0.05, 0.1) is 17.0 Å². The van der Waals surface area contributed by atoms with E-state index in [-0.39, 0.29) is 30.0 Å². The van der Waals surface area contributed by atoms with Crippen molar-refractivity contribution in [2.45, 2.75) is 32.4 Å². The SMILES string of the molecule is CCC(NC(=O)[C@H](C)N)c1cccc([N+](=O)[O-])c1.Cl. The highest BCUT2D eigenvalue weighted by molar-refractivity contribution is 5.85. The molecule has 19 heavy (non-hydrogen) atoms. The molecular formula is C12H18ClN3O3. The molecule has 0 fully saturated rings. The lowest BCUT2D eigenvalue weighted by Gasteiger charge is -2.18. The third kappa shape index (κ3) is 4.84. The van der Waals surface area contributed by atoms with E-state index in [2.05, 4.69) is 5.32 Å². The molecule has 1 unspecified atom stereocenters. The summed E-state index contributed by atoms with van der Waals surface area (Å²) in [6, 6.07) is 5.39. The van der Waals surface area contributed by atoms with Crippen molar-refractivity contribution < 1.29 is 9.72 Å². The lowest BCUT2D eigenvalue weighted by atomic mass is 10.0. The molecule has 0 aliphatic heterocycles. The van der Waals surface area contributed by atoms with Gasteiger partial charge in [0.2, 0.25) is 5.91 Å². The van der Waals surface area contributed by atoms with Gasteiger partial charge in [0.25, 0.3) is 5.69 Å². The van der Waals surface area contributed by atoms with E-state index in [1.165, 1.54) is 12.1 Å². The highest BCUT2D eigenvalue weighted by atomic mass is 35.5. The van der Waals surface area contributed by atoms with E-state index >= 15 is 0 Å². The Labute approximate surface area is 117 Å². The number of halogens is 1. The first-order chi connectivity index (χ1) is 8.45. The van der Waals surface area contributed by atoms with Crippen LogP contribution in [0.4, 0.5) is 5.69 Å². The Morgan fingerprint density at radius 2 is 2.16 bits per heavy atom. The number of nitrogens with two attached hydrogens (primary N) is 1. The van der Waals surface area contributed by atoms with Gasteiger partial charge in [0.1, 0.15) is 0 Å². The van der Waals surface area contributed by atoms with Gasteiger partial charge in [0, 0.05) is 12.1 Å². The summed E-state index contributed by atoms with van der Waals surface area (Å²) >= 11 is 0. The fourth-order valence-corrected chi connectivity index (χ4v) is 1.58. The number of hydrogen-bond acceptors (Lipinski definition) is 4. The second kappa shape index (κ2) is 7.70. The van der Waals surface area contributed by atoms with Gasteiger partial charge in [-0.2, -0.15) is 0 Å². The van der Waals surface area contributed by atoms with Crippen LogP contribution < -0.4 is 11.1 Å². The van der Waals surface area contributed by atoms with Gasteiger partial charge in [-0.15, -0.1) is 12.4 Å². The fourth-order valence-electron chi connectivity index (χ4n) is 1.58. The minimum atomic E-state index is -0.599. The number of nitro benzene ring substituents is 1. The van der Waals surface area contributed by atoms with Crippen LogP contribution in [0.2, 0.25) is 0 Å². The van der Waals surface area contributed by atoms with Gasteiger partial charge in [-0.3, -0.25) is 14.9 Å². The minimum absolute atomic E-state index is 0. The normalized spacial score (nSPS) is 13.0. The number of carbonyl (C=O) groups is 1. The number of amides is 1. The molecule has 0 saturated carbocycles. The number of rotatable bonds is 5. The zero-order valence-corrected chi connectivity index (χ0v) is 11.6. The Hall–Kier alpha value is -1.66. The monoisotopic (exact) mass is 287 g/mol. The molecule has 0 radical (unpaired) electrons. The Balaban J connectivity index is 0.00000324. The third-order valence-electron chi connectivity index (χ3n) is 2.62. The van der Waals surface area contributed by atoms with Crippen LogP contribution in [0.3, 0.4) is 0 Å². The van der Waals surface area contributed by atoms with Gasteiger partial charge >= 0.3 is 0 Å². The van der Waals surface area contributed by atoms with Crippen molar-refractivity contribution in [1.82, 2.24) is 5.32 Å². The first-order valence-corrected chi connectivity index (χ1v) is 5.76. The summed E-state index contributed by atoms with van der Waals surface area (Å²) in [5.74, 6) is -0.270. The summed E-state index contributed by atoms with van der Waals surface area (Å²) in [6.45, 7) is 3.49. The van der Waals surface area contributed by atoms with E-state index in [0.717, 1.165) is 0 Å². The summed E-state index contributed by atoms with van der Waals surface area (Å²) in [6.07, 6.45) is 0.639. The first kappa shape index (κ1) is 17.3. The van der Waals surface area contributed by atoms with E-state index in [9.17, 15) is 14.9 Å². The van der Waals surface area contributed by atoms with Crippen molar-refractivity contribution in [3.05, 3.63) is 39.9 Å². The van der Waals surface area contributed by atoms with Crippen LogP contribution in [0.5, 0.6) is 0 Å². The molecule has 0 heterocycles. The molecule has 1 aromatic rings. The van der Waals surface area contributed by atoms with Gasteiger partial charge in [0.15, 0.2) is 0 Å². The van der Waals surface area contributed by atoms with Crippen LogP contribution in [-0.2, 0) is 4.79 Å². The molecule has 0 bridgehead atoms. The van der Waals surface area contributed by atoms with E-state index < -0.39 is 11.0 Å². The molecule has 1 amide bonds. The quantitative estimate of drug-likeness (QED) is 0.638. The number of nitrogens with one attached hydrogen (secondary N) is 1. The maximum atomic E-state index is 11.5. The smallest absolute Gasteiger partial charge is 0.269 e. The zero-order valence-electron chi connectivity index (χ0n) is 10.8. The van der Waals surface area contributed by atoms with Gasteiger partial charge in [-0.05, 0) is 18.9 Å². The molecule has 0 aliphatic carbocycles. The topological polar surface area (TPSA) is 98.3 Å². The molecule has 0 spiro atoms. The summed E-state index contributed by atoms with van der Waals surface area (Å²) in [7, 11) is 0. The highest BCUT2D eigenvalue weighted by Gasteiger charge is 2.17. The molecule has 6 nitrogen and oxygen atoms in total. The molecule has 1 rings (SSSR count). The number of nitrogens with zero attached hydrogens (tertiary/aromatic N) is 1. The van der Waals surface area contributed by atoms with Gasteiger partial charge < -0.3 is 11.1 Å². The molecule has 3 N–H and O–H groups in total. The third-order valence-corrected chi connectivity index (χ3v) is 2.62. The number of carbonyl (C=O) groups excluding carboxylic acids is 1. The Bertz CT molecular complexity index is 452. The number of hydrogen-bond donors (Lipinski definition) is 2. The predicted octanol–water partition coefficient (Wildman–Crippen LogP) is 1.93. The van der Waals surface area contributed by atoms with Crippen LogP contribution in [0.1, 0.15) is 31.9 Å². The van der Waals surface area contributed by atoms with Crippen molar-refractivity contribution in [3.63, 3.8) is 0 Å². The summed E-state index contributed by atoms with van der Waals surface area (Å²) < 4.78 is 0. The molecule has 106 valence electrons. The second-order valence-corrected chi connectivity index (χ2v) is 4.11. The van der Waals surface area contributed by atoms with Crippen molar-refractivity contribution in [2.75, 3.05) is 0 Å². The summed E-state index contributed by atoms with van der Waals surface area (Å²) in [4.78, 5) is 21.8. The summed E-state index contributed by atoms with van der Waals surface area (Å²) in [5.41, 5.74) is 6.20. The molecular weight excluding hydrogens is 270 g/mol. The minimum Gasteiger partial charge on any atom is -0.348 e. The van der Waals surface area contributed by atoms with Crippen LogP contribution in [0, 0.1) is 10.1 Å². The second-order valence-electron chi connectivity index (χ2n) is 4.11. The van der Waals surface area contributed by atoms with Crippen molar-refractivity contribution in [3.8, 4) is 0 Å². The Morgan fingerprint density at radius 1 is 1.53 bits per heavy atom. The maximum Gasteiger partial charge on any atom is 0.269 e. The standard InChI is InChI=1S/C12H17N3O3.ClH/c1-3-11(14-12(16)8(2)13)9-5-4-6-10(7-9)15(17)18;/h4-8,11H,3,13H2,1-2H3,(H,14,16);1H/t8-,11?;/m0./s1. The van der Waals surface area contributed by atoms with E-state index in [1.54, 1.807) is 19.1 Å². The Kier molecular flexibility index (Phi) is 7.03.